The van der Waals surface area contributed by atoms with Crippen LogP contribution in [0.3, 0.4) is 0 Å². The van der Waals surface area contributed by atoms with E-state index in [0.29, 0.717) is 0 Å². The molecule has 148 valence electrons. The van der Waals surface area contributed by atoms with Crippen LogP contribution in [0.25, 0.3) is 11.0 Å². The summed E-state index contributed by atoms with van der Waals surface area (Å²) in [7, 11) is 4.06. The molecule has 0 amide bonds. The first-order valence-corrected chi connectivity index (χ1v) is 10.1. The van der Waals surface area contributed by atoms with E-state index in [-0.39, 0.29) is 18.9 Å². The van der Waals surface area contributed by atoms with Crippen molar-refractivity contribution in [3.8, 4) is 0 Å². The summed E-state index contributed by atoms with van der Waals surface area (Å²) in [6.45, 7) is 4.43. The molecular formula is C22H27FN4S. The van der Waals surface area contributed by atoms with E-state index in [2.05, 4.69) is 39.6 Å². The summed E-state index contributed by atoms with van der Waals surface area (Å²) in [5.41, 5.74) is 11.8. The normalized spacial score (nSPS) is 12.3. The molecule has 3 rings (SSSR count). The van der Waals surface area contributed by atoms with Gasteiger partial charge >= 0.3 is 0 Å². The average Bonchev–Trinajstić information content (AvgIpc) is 2.88. The number of nitrogens with two attached hydrogens (primary N) is 1. The van der Waals surface area contributed by atoms with E-state index in [1.807, 2.05) is 38.7 Å². The summed E-state index contributed by atoms with van der Waals surface area (Å²) in [6, 6.07) is 10.6. The number of fused-ring (bicyclic) bond motifs is 1. The summed E-state index contributed by atoms with van der Waals surface area (Å²) in [4.78, 5) is 5.87. The molecule has 0 saturated carbocycles. The SMILES string of the molecule is Cc1cnc2c(Cc3ccc(SN(C)C)cc3)c(C)n(C/C(F)=C/CN)c2c1. The van der Waals surface area contributed by atoms with Crippen LogP contribution in [0.1, 0.15) is 22.4 Å². The molecule has 0 bridgehead atoms. The lowest BCUT2D eigenvalue weighted by molar-refractivity contribution is 0.554. The first kappa shape index (κ1) is 20.6. The second-order valence-corrected chi connectivity index (χ2v) is 8.53. The molecule has 0 aliphatic heterocycles. The molecule has 0 saturated heterocycles. The van der Waals surface area contributed by atoms with Crippen molar-refractivity contribution in [1.82, 2.24) is 13.9 Å². The Morgan fingerprint density at radius 1 is 1.25 bits per heavy atom. The number of hydrogen-bond donors (Lipinski definition) is 1. The van der Waals surface area contributed by atoms with Crippen molar-refractivity contribution in [3.05, 3.63) is 70.8 Å². The molecule has 3 aromatic rings. The molecular weight excluding hydrogens is 371 g/mol. The van der Waals surface area contributed by atoms with Crippen LogP contribution >= 0.6 is 11.9 Å². The average molecular weight is 399 g/mol. The van der Waals surface area contributed by atoms with Gasteiger partial charge in [-0.15, -0.1) is 0 Å². The highest BCUT2D eigenvalue weighted by Crippen LogP contribution is 2.29. The first-order valence-electron chi connectivity index (χ1n) is 9.32. The Bertz CT molecular complexity index is 990. The lowest BCUT2D eigenvalue weighted by Crippen LogP contribution is -2.04. The molecule has 2 aromatic heterocycles. The number of benzene rings is 1. The number of rotatable bonds is 7. The third kappa shape index (κ3) is 4.63. The van der Waals surface area contributed by atoms with Crippen LogP contribution in [-0.2, 0) is 13.0 Å². The number of aryl methyl sites for hydroxylation is 1. The fraction of sp³-hybridized carbons (Fsp3) is 0.318. The minimum atomic E-state index is -0.222. The Labute approximate surface area is 170 Å². The van der Waals surface area contributed by atoms with Gasteiger partial charge in [0, 0.05) is 35.3 Å². The fourth-order valence-electron chi connectivity index (χ4n) is 3.35. The zero-order valence-corrected chi connectivity index (χ0v) is 17.7. The monoisotopic (exact) mass is 398 g/mol. The lowest BCUT2D eigenvalue weighted by atomic mass is 10.0. The van der Waals surface area contributed by atoms with Gasteiger partial charge in [0.25, 0.3) is 0 Å². The molecule has 0 radical (unpaired) electrons. The second-order valence-electron chi connectivity index (χ2n) is 7.14. The Morgan fingerprint density at radius 3 is 2.61 bits per heavy atom. The molecule has 1 aromatic carbocycles. The maximum Gasteiger partial charge on any atom is 0.117 e. The third-order valence-electron chi connectivity index (χ3n) is 4.66. The molecule has 0 spiro atoms. The molecule has 28 heavy (non-hydrogen) atoms. The van der Waals surface area contributed by atoms with Gasteiger partial charge in [0.15, 0.2) is 0 Å². The smallest absolute Gasteiger partial charge is 0.117 e. The minimum absolute atomic E-state index is 0.184. The van der Waals surface area contributed by atoms with Crippen LogP contribution in [0.2, 0.25) is 0 Å². The van der Waals surface area contributed by atoms with Crippen LogP contribution in [0.4, 0.5) is 4.39 Å². The molecule has 0 fully saturated rings. The van der Waals surface area contributed by atoms with Crippen LogP contribution in [-0.4, -0.2) is 34.5 Å². The summed E-state index contributed by atoms with van der Waals surface area (Å²) in [5, 5.41) is 0. The van der Waals surface area contributed by atoms with Gasteiger partial charge in [-0.3, -0.25) is 9.29 Å². The highest BCUT2D eigenvalue weighted by Gasteiger charge is 2.17. The van der Waals surface area contributed by atoms with Crippen molar-refractivity contribution >= 4 is 23.0 Å². The lowest BCUT2D eigenvalue weighted by Gasteiger charge is -2.09. The number of nitrogens with zero attached hydrogens (tertiary/aromatic N) is 3. The van der Waals surface area contributed by atoms with E-state index in [0.717, 1.165) is 34.3 Å². The van der Waals surface area contributed by atoms with E-state index < -0.39 is 0 Å². The Kier molecular flexibility index (Phi) is 6.54. The standard InChI is InChI=1S/C22H27FN4S/c1-15-11-21-22(25-13-15)20(16(2)27(21)14-18(23)9-10-24)12-17-5-7-19(8-6-17)28-26(3)4/h5-9,11,13H,10,12,14,24H2,1-4H3/b18-9-. The van der Waals surface area contributed by atoms with Crippen molar-refractivity contribution in [3.63, 3.8) is 0 Å². The van der Waals surface area contributed by atoms with Gasteiger partial charge in [-0.25, -0.2) is 4.39 Å². The zero-order valence-electron chi connectivity index (χ0n) is 16.9. The topological polar surface area (TPSA) is 47.1 Å². The fourth-order valence-corrected chi connectivity index (χ4v) is 4.03. The molecule has 4 nitrogen and oxygen atoms in total. The number of halogens is 1. The highest BCUT2D eigenvalue weighted by molar-refractivity contribution is 7.97. The second kappa shape index (κ2) is 8.90. The Morgan fingerprint density at radius 2 is 1.96 bits per heavy atom. The molecule has 0 atom stereocenters. The van der Waals surface area contributed by atoms with Crippen molar-refractivity contribution in [2.75, 3.05) is 20.6 Å². The largest absolute Gasteiger partial charge is 0.336 e. The van der Waals surface area contributed by atoms with Gasteiger partial charge in [-0.1, -0.05) is 12.1 Å². The maximum atomic E-state index is 14.2. The minimum Gasteiger partial charge on any atom is -0.336 e. The van der Waals surface area contributed by atoms with E-state index in [9.17, 15) is 4.39 Å². The zero-order chi connectivity index (χ0) is 20.3. The Balaban J connectivity index is 1.99. The van der Waals surface area contributed by atoms with E-state index in [1.54, 1.807) is 11.9 Å². The molecule has 2 heterocycles. The summed E-state index contributed by atoms with van der Waals surface area (Å²) in [5.74, 6) is -0.222. The maximum absolute atomic E-state index is 14.2. The molecule has 2 N–H and O–H groups in total. The van der Waals surface area contributed by atoms with Crippen molar-refractivity contribution < 1.29 is 4.39 Å². The molecule has 0 unspecified atom stereocenters. The number of aromatic nitrogens is 2. The highest BCUT2D eigenvalue weighted by atomic mass is 32.2. The molecule has 0 aliphatic rings. The van der Waals surface area contributed by atoms with Gasteiger partial charge in [-0.2, -0.15) is 0 Å². The van der Waals surface area contributed by atoms with Gasteiger partial charge in [0.2, 0.25) is 0 Å². The molecule has 0 aliphatic carbocycles. The van der Waals surface area contributed by atoms with Crippen LogP contribution in [0, 0.1) is 13.8 Å². The number of pyridine rings is 1. The Hall–Kier alpha value is -2.15. The van der Waals surface area contributed by atoms with Crippen LogP contribution in [0.15, 0.2) is 53.3 Å². The predicted molar refractivity (Wildman–Crippen MR) is 116 cm³/mol. The van der Waals surface area contributed by atoms with E-state index in [1.165, 1.54) is 16.5 Å². The summed E-state index contributed by atoms with van der Waals surface area (Å²) < 4.78 is 18.3. The van der Waals surface area contributed by atoms with Crippen molar-refractivity contribution in [1.29, 1.82) is 0 Å². The number of allylic oxidation sites excluding steroid dienone is 1. The van der Waals surface area contributed by atoms with Crippen molar-refractivity contribution in [2.24, 2.45) is 5.73 Å². The van der Waals surface area contributed by atoms with Gasteiger partial charge in [-0.05, 0) is 75.3 Å². The molecule has 6 heteroatoms. The van der Waals surface area contributed by atoms with Gasteiger partial charge < -0.3 is 10.3 Å². The summed E-state index contributed by atoms with van der Waals surface area (Å²) in [6.07, 6.45) is 4.06. The summed E-state index contributed by atoms with van der Waals surface area (Å²) >= 11 is 1.70. The van der Waals surface area contributed by atoms with Crippen LogP contribution in [0.5, 0.6) is 0 Å². The van der Waals surface area contributed by atoms with Gasteiger partial charge in [0.1, 0.15) is 5.83 Å². The first-order chi connectivity index (χ1) is 13.4. The van der Waals surface area contributed by atoms with Crippen LogP contribution < -0.4 is 5.73 Å². The van der Waals surface area contributed by atoms with E-state index in [4.69, 9.17) is 5.73 Å². The predicted octanol–water partition coefficient (Wildman–Crippen LogP) is 4.62. The quantitative estimate of drug-likeness (QED) is 0.590. The van der Waals surface area contributed by atoms with Crippen molar-refractivity contribution in [2.45, 2.75) is 31.7 Å². The number of hydrogen-bond acceptors (Lipinski definition) is 4. The van der Waals surface area contributed by atoms with E-state index >= 15 is 0 Å². The van der Waals surface area contributed by atoms with Gasteiger partial charge in [0.05, 0.1) is 17.6 Å². The third-order valence-corrected chi connectivity index (χ3v) is 5.51.